The predicted molar refractivity (Wildman–Crippen MR) is 97.4 cm³/mol. The number of hydrogen-bond acceptors (Lipinski definition) is 1. The summed E-state index contributed by atoms with van der Waals surface area (Å²) < 4.78 is 3.81. The molecule has 24 heavy (non-hydrogen) atoms. The topological polar surface area (TPSA) is 21.7 Å². The molecule has 0 fully saturated rings. The van der Waals surface area contributed by atoms with Crippen LogP contribution in [0, 0.1) is 47.7 Å². The lowest BCUT2D eigenvalue weighted by molar-refractivity contribution is -0.666. The van der Waals surface area contributed by atoms with E-state index in [2.05, 4.69) is 72.0 Å². The number of aromatic nitrogens is 3. The summed E-state index contributed by atoms with van der Waals surface area (Å²) in [5, 5.41) is 4.69. The molecule has 0 atom stereocenters. The molecule has 0 saturated heterocycles. The highest BCUT2D eigenvalue weighted by molar-refractivity contribution is 5.67. The maximum atomic E-state index is 4.69. The van der Waals surface area contributed by atoms with Gasteiger partial charge in [0.1, 0.15) is 7.05 Å². The molecule has 2 aromatic carbocycles. The molecular weight excluding hydrogens is 294 g/mol. The van der Waals surface area contributed by atoms with Gasteiger partial charge in [0, 0.05) is 0 Å². The zero-order valence-electron chi connectivity index (χ0n) is 15.7. The van der Waals surface area contributed by atoms with Crippen molar-refractivity contribution in [3.63, 3.8) is 0 Å². The molecule has 0 spiro atoms. The number of hydrogen-bond donors (Lipinski definition) is 0. The van der Waals surface area contributed by atoms with Crippen LogP contribution in [0.4, 0.5) is 0 Å². The van der Waals surface area contributed by atoms with Gasteiger partial charge in [0.05, 0.1) is 22.8 Å². The van der Waals surface area contributed by atoms with Gasteiger partial charge in [0.2, 0.25) is 0 Å². The van der Waals surface area contributed by atoms with Crippen LogP contribution in [0.1, 0.15) is 33.4 Å². The van der Waals surface area contributed by atoms with Gasteiger partial charge in [-0.3, -0.25) is 0 Å². The van der Waals surface area contributed by atoms with Crippen molar-refractivity contribution in [3.8, 4) is 16.9 Å². The Morgan fingerprint density at radius 2 is 1.25 bits per heavy atom. The first kappa shape index (κ1) is 16.4. The molecule has 3 nitrogen and oxygen atoms in total. The van der Waals surface area contributed by atoms with Gasteiger partial charge in [-0.1, -0.05) is 77.1 Å². The Morgan fingerprint density at radius 1 is 0.792 bits per heavy atom. The van der Waals surface area contributed by atoms with Gasteiger partial charge in [-0.25, -0.2) is 4.68 Å². The second kappa shape index (κ2) is 5.90. The van der Waals surface area contributed by atoms with Crippen molar-refractivity contribution >= 4 is 0 Å². The van der Waals surface area contributed by atoms with Crippen LogP contribution in [-0.2, 0) is 7.05 Å². The van der Waals surface area contributed by atoms with Crippen LogP contribution in [0.3, 0.4) is 0 Å². The van der Waals surface area contributed by atoms with Crippen molar-refractivity contribution < 1.29 is 4.68 Å². The average molecular weight is 319 g/mol. The quantitative estimate of drug-likeness (QED) is 0.516. The Kier molecular flexibility index (Phi) is 4.04. The second-order valence-corrected chi connectivity index (χ2v) is 6.91. The molecule has 3 rings (SSSR count). The van der Waals surface area contributed by atoms with E-state index in [0.717, 1.165) is 11.4 Å². The first-order valence-electron chi connectivity index (χ1n) is 8.33. The lowest BCUT2D eigenvalue weighted by atomic mass is 9.97. The van der Waals surface area contributed by atoms with E-state index < -0.39 is 0 Å². The molecule has 0 bridgehead atoms. The van der Waals surface area contributed by atoms with Gasteiger partial charge in [0.25, 0.3) is 0 Å². The summed E-state index contributed by atoms with van der Waals surface area (Å²) in [5.74, 6) is 0. The van der Waals surface area contributed by atoms with Crippen molar-refractivity contribution in [1.82, 2.24) is 9.90 Å². The van der Waals surface area contributed by atoms with Crippen molar-refractivity contribution in [2.45, 2.75) is 41.5 Å². The average Bonchev–Trinajstić information content (AvgIpc) is 2.78. The molecule has 3 heteroatoms. The summed E-state index contributed by atoms with van der Waals surface area (Å²) in [6.45, 7) is 12.8. The van der Waals surface area contributed by atoms with Crippen molar-refractivity contribution in [2.75, 3.05) is 0 Å². The first-order chi connectivity index (χ1) is 11.3. The van der Waals surface area contributed by atoms with Crippen LogP contribution in [0.25, 0.3) is 16.9 Å². The van der Waals surface area contributed by atoms with E-state index in [1.807, 2.05) is 16.4 Å². The monoisotopic (exact) mass is 319 g/mol. The maximum Gasteiger partial charge on any atom is 0.101 e. The highest BCUT2D eigenvalue weighted by atomic mass is 15.5. The summed E-state index contributed by atoms with van der Waals surface area (Å²) in [7, 11) is 1.99. The lowest BCUT2D eigenvalue weighted by Gasteiger charge is -2.13. The molecule has 1 aromatic heterocycles. The third-order valence-electron chi connectivity index (χ3n) is 4.52. The SMILES string of the molecule is Cc1cc(C)c(-c2[c-][n+](-c3c(C)cc(C)cc3C)nn2C)c(C)c1. The number of nitrogens with zero attached hydrogens (tertiary/aromatic N) is 3. The zero-order chi connectivity index (χ0) is 17.6. The van der Waals surface area contributed by atoms with E-state index in [-0.39, 0.29) is 0 Å². The number of rotatable bonds is 2. The Morgan fingerprint density at radius 3 is 1.75 bits per heavy atom. The van der Waals surface area contributed by atoms with Gasteiger partial charge >= 0.3 is 0 Å². The molecule has 0 aliphatic heterocycles. The van der Waals surface area contributed by atoms with Gasteiger partial charge in [-0.05, 0) is 27.7 Å². The van der Waals surface area contributed by atoms with Crippen LogP contribution in [0.2, 0.25) is 0 Å². The molecule has 0 amide bonds. The van der Waals surface area contributed by atoms with Crippen LogP contribution < -0.4 is 4.68 Å². The van der Waals surface area contributed by atoms with Gasteiger partial charge in [0.15, 0.2) is 0 Å². The molecule has 3 aromatic rings. The highest BCUT2D eigenvalue weighted by Gasteiger charge is 2.15. The Balaban J connectivity index is 2.20. The smallest absolute Gasteiger partial charge is 0.101 e. The van der Waals surface area contributed by atoms with E-state index in [1.54, 1.807) is 0 Å². The van der Waals surface area contributed by atoms with Crippen molar-refractivity contribution in [1.29, 1.82) is 0 Å². The van der Waals surface area contributed by atoms with E-state index in [9.17, 15) is 0 Å². The third kappa shape index (κ3) is 2.75. The molecule has 0 aliphatic rings. The van der Waals surface area contributed by atoms with E-state index in [1.165, 1.54) is 38.9 Å². The van der Waals surface area contributed by atoms with Gasteiger partial charge < -0.3 is 0 Å². The number of aryl methyl sites for hydroxylation is 7. The van der Waals surface area contributed by atoms with Crippen LogP contribution in [-0.4, -0.2) is 9.90 Å². The van der Waals surface area contributed by atoms with E-state index in [0.29, 0.717) is 0 Å². The molecule has 0 radical (unpaired) electrons. The van der Waals surface area contributed by atoms with Gasteiger partial charge in [-0.2, -0.15) is 4.68 Å². The minimum absolute atomic E-state index is 1.02. The summed E-state index contributed by atoms with van der Waals surface area (Å²) in [5.41, 5.74) is 10.9. The molecule has 0 saturated carbocycles. The van der Waals surface area contributed by atoms with Gasteiger partial charge in [-0.15, -0.1) is 0 Å². The minimum Gasteiger partial charge on any atom is -0.206 e. The second-order valence-electron chi connectivity index (χ2n) is 6.91. The van der Waals surface area contributed by atoms with Crippen LogP contribution >= 0.6 is 0 Å². The van der Waals surface area contributed by atoms with Crippen LogP contribution in [0.15, 0.2) is 24.3 Å². The standard InChI is InChI=1S/C21H25N3/c1-13-8-15(3)20(16(4)9-13)19-12-24(22-23(19)7)21-17(5)10-14(2)11-18(21)6/h8-11H,1-7H3. The summed E-state index contributed by atoms with van der Waals surface area (Å²) in [6, 6.07) is 8.82. The van der Waals surface area contributed by atoms with Crippen molar-refractivity contribution in [2.24, 2.45) is 7.05 Å². The van der Waals surface area contributed by atoms with Crippen molar-refractivity contribution in [3.05, 3.63) is 63.8 Å². The molecule has 0 N–H and O–H groups in total. The Hall–Kier alpha value is -2.42. The Bertz CT molecular complexity index is 886. The fraction of sp³-hybridized carbons (Fsp3) is 0.333. The normalized spacial score (nSPS) is 11.1. The fourth-order valence-electron chi connectivity index (χ4n) is 3.75. The molecule has 0 aliphatic carbocycles. The largest absolute Gasteiger partial charge is 0.206 e. The first-order valence-corrected chi connectivity index (χ1v) is 8.33. The predicted octanol–water partition coefficient (Wildman–Crippen LogP) is 4.01. The number of benzene rings is 2. The molecule has 0 unspecified atom stereocenters. The van der Waals surface area contributed by atoms with E-state index >= 15 is 0 Å². The fourth-order valence-corrected chi connectivity index (χ4v) is 3.75. The summed E-state index contributed by atoms with van der Waals surface area (Å²) in [6.07, 6.45) is 3.48. The summed E-state index contributed by atoms with van der Waals surface area (Å²) >= 11 is 0. The van der Waals surface area contributed by atoms with E-state index in [4.69, 9.17) is 5.21 Å². The van der Waals surface area contributed by atoms with Crippen LogP contribution in [0.5, 0.6) is 0 Å². The maximum absolute atomic E-state index is 4.69. The highest BCUT2D eigenvalue weighted by Crippen LogP contribution is 2.27. The molecule has 1 heterocycles. The molecule has 124 valence electrons. The molecular formula is C21H25N3. The lowest BCUT2D eigenvalue weighted by Crippen LogP contribution is -2.35. The third-order valence-corrected chi connectivity index (χ3v) is 4.52. The minimum atomic E-state index is 1.02. The summed E-state index contributed by atoms with van der Waals surface area (Å²) in [4.78, 5) is 0. The Labute approximate surface area is 144 Å². The zero-order valence-corrected chi connectivity index (χ0v) is 15.7.